The van der Waals surface area contributed by atoms with Gasteiger partial charge in [-0.3, -0.25) is 4.79 Å². The van der Waals surface area contributed by atoms with Crippen LogP contribution >= 0.6 is 0 Å². The highest BCUT2D eigenvalue weighted by Gasteiger charge is 2.38. The zero-order valence-electron chi connectivity index (χ0n) is 29.9. The van der Waals surface area contributed by atoms with Crippen LogP contribution in [0.15, 0.2) is 107 Å². The number of carbonyl (C=O) groups excluding carboxylic acids is 1. The van der Waals surface area contributed by atoms with Crippen molar-refractivity contribution in [3.63, 3.8) is 0 Å². The molecule has 14 heteroatoms. The average Bonchev–Trinajstić information content (AvgIpc) is 3.62. The number of amides is 1. The number of ether oxygens (including phenoxy) is 2. The first-order valence-electron chi connectivity index (χ1n) is 17.7. The lowest BCUT2D eigenvalue weighted by atomic mass is 10.1. The molecule has 2 aliphatic rings. The van der Waals surface area contributed by atoms with Gasteiger partial charge in [-0.15, -0.1) is 0 Å². The lowest BCUT2D eigenvalue weighted by Crippen LogP contribution is -2.43. The predicted octanol–water partition coefficient (Wildman–Crippen LogP) is 4.63. The second-order valence-electron chi connectivity index (χ2n) is 13.3. The van der Waals surface area contributed by atoms with Gasteiger partial charge in [-0.25, -0.2) is 16.8 Å². The first-order chi connectivity index (χ1) is 25.4. The minimum absolute atomic E-state index is 0.00171. The van der Waals surface area contributed by atoms with Gasteiger partial charge in [0, 0.05) is 38.4 Å². The van der Waals surface area contributed by atoms with Crippen molar-refractivity contribution in [3.05, 3.63) is 119 Å². The van der Waals surface area contributed by atoms with E-state index in [1.54, 1.807) is 59.5 Å². The zero-order chi connectivity index (χ0) is 37.6. The number of benzene rings is 4. The minimum atomic E-state index is -4.09. The fraction of sp³-hybridized carbons (Fsp3) is 0.359. The lowest BCUT2D eigenvalue weighted by Gasteiger charge is -2.27. The second kappa shape index (κ2) is 16.8. The highest BCUT2D eigenvalue weighted by Crippen LogP contribution is 2.32. The number of aliphatic hydroxyl groups excluding tert-OH is 1. The molecule has 6 rings (SSSR count). The molecule has 0 radical (unpaired) electrons. The van der Waals surface area contributed by atoms with Gasteiger partial charge in [0.25, 0.3) is 5.91 Å². The summed E-state index contributed by atoms with van der Waals surface area (Å²) in [6.07, 6.45) is 0.614. The maximum absolute atomic E-state index is 14.1. The van der Waals surface area contributed by atoms with Crippen LogP contribution in [-0.2, 0) is 31.4 Å². The molecule has 4 aromatic carbocycles. The van der Waals surface area contributed by atoms with Crippen LogP contribution in [0.25, 0.3) is 0 Å². The van der Waals surface area contributed by atoms with Gasteiger partial charge in [0.15, 0.2) is 0 Å². The first kappa shape index (κ1) is 38.4. The Morgan fingerprint density at radius 3 is 1.96 bits per heavy atom. The summed E-state index contributed by atoms with van der Waals surface area (Å²) in [7, 11) is -8.11. The third kappa shape index (κ3) is 9.08. The van der Waals surface area contributed by atoms with Gasteiger partial charge in [0.1, 0.15) is 18.6 Å². The summed E-state index contributed by atoms with van der Waals surface area (Å²) in [6.45, 7) is 4.19. The van der Waals surface area contributed by atoms with Crippen molar-refractivity contribution in [2.45, 2.75) is 55.4 Å². The van der Waals surface area contributed by atoms with Crippen LogP contribution in [0.2, 0.25) is 0 Å². The monoisotopic (exact) mass is 762 g/mol. The van der Waals surface area contributed by atoms with E-state index in [1.807, 2.05) is 44.2 Å². The maximum Gasteiger partial charge on any atom is 0.256 e. The Bertz CT molecular complexity index is 2080. The average molecular weight is 763 g/mol. The minimum Gasteiger partial charge on any atom is -0.492 e. The largest absolute Gasteiger partial charge is 0.492 e. The molecule has 2 N–H and O–H groups in total. The van der Waals surface area contributed by atoms with E-state index in [0.717, 1.165) is 23.1 Å². The Balaban J connectivity index is 1.20. The summed E-state index contributed by atoms with van der Waals surface area (Å²) in [6, 6.07) is 27.2. The normalized spacial score (nSPS) is 17.4. The van der Waals surface area contributed by atoms with E-state index < -0.39 is 26.3 Å². The molecule has 53 heavy (non-hydrogen) atoms. The Morgan fingerprint density at radius 1 is 0.774 bits per heavy atom. The van der Waals surface area contributed by atoms with E-state index in [2.05, 4.69) is 5.32 Å². The topological polar surface area (TPSA) is 146 Å². The molecular formula is C39H46N4O8S2. The van der Waals surface area contributed by atoms with Gasteiger partial charge in [-0.2, -0.15) is 8.61 Å². The molecule has 4 aromatic rings. The molecule has 2 aliphatic heterocycles. The number of hydrogen-bond donors (Lipinski definition) is 2. The zero-order valence-corrected chi connectivity index (χ0v) is 31.6. The highest BCUT2D eigenvalue weighted by molar-refractivity contribution is 7.89. The number of fused-ring (bicyclic) bond motifs is 2. The van der Waals surface area contributed by atoms with Crippen molar-refractivity contribution < 1.29 is 36.2 Å². The van der Waals surface area contributed by atoms with E-state index in [-0.39, 0.29) is 61.1 Å². The van der Waals surface area contributed by atoms with Crippen LogP contribution in [0.4, 0.5) is 5.69 Å². The third-order valence-corrected chi connectivity index (χ3v) is 13.4. The summed E-state index contributed by atoms with van der Waals surface area (Å²) in [5, 5.41) is 13.7. The summed E-state index contributed by atoms with van der Waals surface area (Å²) in [5.41, 5.74) is 3.61. The number of nitrogens with zero attached hydrogens (tertiary/aromatic N) is 3. The van der Waals surface area contributed by atoms with Crippen molar-refractivity contribution in [2.75, 3.05) is 51.3 Å². The molecule has 0 spiro atoms. The predicted molar refractivity (Wildman–Crippen MR) is 202 cm³/mol. The smallest absolute Gasteiger partial charge is 0.256 e. The van der Waals surface area contributed by atoms with Gasteiger partial charge in [-0.1, -0.05) is 65.7 Å². The number of rotatable bonds is 16. The van der Waals surface area contributed by atoms with Crippen molar-refractivity contribution >= 4 is 31.6 Å². The molecule has 0 saturated carbocycles. The molecule has 2 atom stereocenters. The lowest BCUT2D eigenvalue weighted by molar-refractivity contribution is 0.0581. The summed E-state index contributed by atoms with van der Waals surface area (Å²) in [5.74, 6) is 0.154. The van der Waals surface area contributed by atoms with Crippen LogP contribution in [0, 0.1) is 13.8 Å². The molecule has 0 aliphatic carbocycles. The number of aliphatic hydroxyl groups is 1. The van der Waals surface area contributed by atoms with Gasteiger partial charge < -0.3 is 24.8 Å². The fourth-order valence-corrected chi connectivity index (χ4v) is 9.37. The first-order valence-corrected chi connectivity index (χ1v) is 20.6. The van der Waals surface area contributed by atoms with Gasteiger partial charge >= 0.3 is 0 Å². The van der Waals surface area contributed by atoms with Gasteiger partial charge in [0.05, 0.1) is 34.6 Å². The maximum atomic E-state index is 14.1. The molecule has 12 nitrogen and oxygen atoms in total. The SMILES string of the molecule is Cc1ccc(S(=O)(=O)N(CCOCc2ccccc2)CCN(CCOc2ccc3c(c2)C(=O)N2CCC[C@H]2C(O)N3)S(=O)(=O)c2ccc(C)cc2)cc1. The molecule has 0 aromatic heterocycles. The van der Waals surface area contributed by atoms with Crippen LogP contribution in [0.3, 0.4) is 0 Å². The van der Waals surface area contributed by atoms with E-state index in [4.69, 9.17) is 9.47 Å². The molecule has 2 heterocycles. The van der Waals surface area contributed by atoms with Crippen molar-refractivity contribution in [2.24, 2.45) is 0 Å². The standard InChI is InChI=1S/C39H46N4O8S2/c1-29-10-15-33(16-11-29)52(46,47)41(23-25-50-28-31-7-4-3-5-8-31)21-22-42(53(48,49)34-17-12-30(2)13-18-34)24-26-51-32-14-19-36-35(27-32)39(45)43-20-6-9-37(43)38(44)40-36/h3-5,7-8,10-19,27,37-38,40,44H,6,9,20-26,28H2,1-2H3/t37-,38?/m0/s1. The fourth-order valence-electron chi connectivity index (χ4n) is 6.54. The summed E-state index contributed by atoms with van der Waals surface area (Å²) >= 11 is 0. The highest BCUT2D eigenvalue weighted by atomic mass is 32.2. The number of carbonyl (C=O) groups is 1. The van der Waals surface area contributed by atoms with Crippen LogP contribution in [-0.4, -0.2) is 99.6 Å². The van der Waals surface area contributed by atoms with Crippen LogP contribution in [0.5, 0.6) is 5.75 Å². The molecule has 1 unspecified atom stereocenters. The Hall–Kier alpha value is -4.31. The summed E-state index contributed by atoms with van der Waals surface area (Å²) < 4.78 is 70.4. The number of aryl methyl sites for hydroxylation is 2. The number of nitrogens with one attached hydrogen (secondary N) is 1. The van der Waals surface area contributed by atoms with Crippen molar-refractivity contribution in [1.82, 2.24) is 13.5 Å². The van der Waals surface area contributed by atoms with Gasteiger partial charge in [0.2, 0.25) is 20.0 Å². The van der Waals surface area contributed by atoms with Crippen LogP contribution in [0.1, 0.15) is 39.9 Å². The number of anilines is 1. The van der Waals surface area contributed by atoms with E-state index in [0.29, 0.717) is 36.6 Å². The van der Waals surface area contributed by atoms with Gasteiger partial charge in [-0.05, 0) is 74.7 Å². The number of sulfonamides is 2. The Morgan fingerprint density at radius 2 is 1.36 bits per heavy atom. The molecule has 1 fully saturated rings. The van der Waals surface area contributed by atoms with Crippen molar-refractivity contribution in [3.8, 4) is 5.75 Å². The molecule has 1 saturated heterocycles. The molecular weight excluding hydrogens is 717 g/mol. The quantitative estimate of drug-likeness (QED) is 0.156. The van der Waals surface area contributed by atoms with E-state index in [9.17, 15) is 26.7 Å². The summed E-state index contributed by atoms with van der Waals surface area (Å²) in [4.78, 5) is 15.2. The van der Waals surface area contributed by atoms with E-state index in [1.165, 1.54) is 20.7 Å². The van der Waals surface area contributed by atoms with E-state index >= 15 is 0 Å². The van der Waals surface area contributed by atoms with Crippen molar-refractivity contribution in [1.29, 1.82) is 0 Å². The Labute approximate surface area is 312 Å². The van der Waals surface area contributed by atoms with Crippen LogP contribution < -0.4 is 10.1 Å². The number of hydrogen-bond acceptors (Lipinski definition) is 9. The second-order valence-corrected chi connectivity index (χ2v) is 17.2. The molecule has 1 amide bonds. The molecule has 0 bridgehead atoms. The third-order valence-electron chi connectivity index (χ3n) is 9.57. The molecule has 282 valence electrons. The Kier molecular flexibility index (Phi) is 12.2.